The molecule has 0 unspecified atom stereocenters. The third-order valence-corrected chi connectivity index (χ3v) is 7.09. The van der Waals surface area contributed by atoms with Gasteiger partial charge in [-0.2, -0.15) is 0 Å². The quantitative estimate of drug-likeness (QED) is 0.428. The molecule has 162 valence electrons. The van der Waals surface area contributed by atoms with Crippen LogP contribution in [-0.2, 0) is 23.1 Å². The molecule has 3 rings (SSSR count). The summed E-state index contributed by atoms with van der Waals surface area (Å²) in [7, 11) is 0. The van der Waals surface area contributed by atoms with Gasteiger partial charge in [-0.1, -0.05) is 75.7 Å². The summed E-state index contributed by atoms with van der Waals surface area (Å²) in [4.78, 5) is 11.9. The Morgan fingerprint density at radius 1 is 0.900 bits per heavy atom. The van der Waals surface area contributed by atoms with Crippen molar-refractivity contribution in [3.05, 3.63) is 68.2 Å². The number of carboxylic acids is 1. The SMILES string of the molecule is CC(C)c1ccc(CCc2cc(Br)ccc2C2(C(=O)O)CC2)c(C(C)C)c1C(C)C. The summed E-state index contributed by atoms with van der Waals surface area (Å²) in [6, 6.07) is 10.8. The molecule has 0 spiro atoms. The zero-order chi connectivity index (χ0) is 22.2. The van der Waals surface area contributed by atoms with Crippen molar-refractivity contribution in [1.29, 1.82) is 0 Å². The van der Waals surface area contributed by atoms with E-state index >= 15 is 0 Å². The molecule has 2 aromatic carbocycles. The van der Waals surface area contributed by atoms with Crippen LogP contribution in [0.2, 0.25) is 0 Å². The van der Waals surface area contributed by atoms with Crippen molar-refractivity contribution in [2.24, 2.45) is 0 Å². The Morgan fingerprint density at radius 2 is 1.50 bits per heavy atom. The Hall–Kier alpha value is -1.61. The summed E-state index contributed by atoms with van der Waals surface area (Å²) in [5.74, 6) is 0.781. The molecule has 1 fully saturated rings. The van der Waals surface area contributed by atoms with E-state index in [0.717, 1.165) is 41.3 Å². The van der Waals surface area contributed by atoms with Crippen molar-refractivity contribution >= 4 is 21.9 Å². The lowest BCUT2D eigenvalue weighted by Gasteiger charge is -2.26. The maximum Gasteiger partial charge on any atom is 0.314 e. The average molecular weight is 471 g/mol. The summed E-state index contributed by atoms with van der Waals surface area (Å²) in [5, 5.41) is 9.82. The van der Waals surface area contributed by atoms with Gasteiger partial charge in [0.2, 0.25) is 0 Å². The van der Waals surface area contributed by atoms with Crippen molar-refractivity contribution in [2.75, 3.05) is 0 Å². The molecule has 30 heavy (non-hydrogen) atoms. The number of hydrogen-bond acceptors (Lipinski definition) is 1. The Kier molecular flexibility index (Phi) is 6.81. The molecule has 0 atom stereocenters. The van der Waals surface area contributed by atoms with E-state index in [4.69, 9.17) is 0 Å². The van der Waals surface area contributed by atoms with Crippen LogP contribution >= 0.6 is 15.9 Å². The predicted octanol–water partition coefficient (Wildman–Crippen LogP) is 7.72. The summed E-state index contributed by atoms with van der Waals surface area (Å²) < 4.78 is 1.02. The third kappa shape index (κ3) is 4.37. The van der Waals surface area contributed by atoms with Crippen LogP contribution in [0.4, 0.5) is 0 Å². The average Bonchev–Trinajstić information content (AvgIpc) is 3.47. The van der Waals surface area contributed by atoms with Crippen LogP contribution in [-0.4, -0.2) is 11.1 Å². The van der Waals surface area contributed by atoms with Gasteiger partial charge in [-0.3, -0.25) is 4.79 Å². The largest absolute Gasteiger partial charge is 0.481 e. The predicted molar refractivity (Wildman–Crippen MR) is 129 cm³/mol. The molecule has 1 aliphatic rings. The van der Waals surface area contributed by atoms with Gasteiger partial charge in [0.25, 0.3) is 0 Å². The minimum atomic E-state index is -0.683. The van der Waals surface area contributed by atoms with E-state index in [1.165, 1.54) is 22.3 Å². The number of carboxylic acid groups (broad SMARTS) is 1. The first-order chi connectivity index (χ1) is 14.1. The van der Waals surface area contributed by atoms with Crippen molar-refractivity contribution in [3.8, 4) is 0 Å². The summed E-state index contributed by atoms with van der Waals surface area (Å²) in [6.07, 6.45) is 3.29. The molecule has 1 N–H and O–H groups in total. The van der Waals surface area contributed by atoms with E-state index in [1.807, 2.05) is 12.1 Å². The fourth-order valence-corrected chi connectivity index (χ4v) is 5.38. The fourth-order valence-electron chi connectivity index (χ4n) is 4.97. The molecule has 0 aromatic heterocycles. The normalized spacial score (nSPS) is 15.3. The molecule has 0 bridgehead atoms. The highest BCUT2D eigenvalue weighted by atomic mass is 79.9. The first-order valence-corrected chi connectivity index (χ1v) is 12.1. The lowest BCUT2D eigenvalue weighted by Crippen LogP contribution is -2.21. The van der Waals surface area contributed by atoms with E-state index in [9.17, 15) is 9.90 Å². The molecule has 1 saturated carbocycles. The first kappa shape index (κ1) is 23.1. The monoisotopic (exact) mass is 470 g/mol. The Bertz CT molecular complexity index is 936. The maximum absolute atomic E-state index is 11.9. The van der Waals surface area contributed by atoms with Crippen LogP contribution in [0.3, 0.4) is 0 Å². The van der Waals surface area contributed by atoms with Crippen molar-refractivity contribution < 1.29 is 9.90 Å². The van der Waals surface area contributed by atoms with E-state index in [1.54, 1.807) is 0 Å². The van der Waals surface area contributed by atoms with Gasteiger partial charge < -0.3 is 5.11 Å². The smallest absolute Gasteiger partial charge is 0.314 e. The summed E-state index contributed by atoms with van der Waals surface area (Å²) in [6.45, 7) is 13.7. The molecule has 0 saturated heterocycles. The fraction of sp³-hybridized carbons (Fsp3) is 0.519. The first-order valence-electron chi connectivity index (χ1n) is 11.3. The second kappa shape index (κ2) is 8.86. The molecule has 2 nitrogen and oxygen atoms in total. The van der Waals surface area contributed by atoms with Gasteiger partial charge >= 0.3 is 5.97 Å². The van der Waals surface area contributed by atoms with Crippen molar-refractivity contribution in [2.45, 2.75) is 90.4 Å². The van der Waals surface area contributed by atoms with E-state index in [2.05, 4.69) is 75.7 Å². The second-order valence-electron chi connectivity index (χ2n) is 9.79. The number of benzene rings is 2. The Labute approximate surface area is 190 Å². The molecule has 0 radical (unpaired) electrons. The number of aliphatic carboxylic acids is 1. The zero-order valence-corrected chi connectivity index (χ0v) is 20.8. The van der Waals surface area contributed by atoms with Crippen molar-refractivity contribution in [1.82, 2.24) is 0 Å². The van der Waals surface area contributed by atoms with Crippen LogP contribution in [0.5, 0.6) is 0 Å². The minimum absolute atomic E-state index is 0.465. The molecular weight excluding hydrogens is 436 g/mol. The van der Waals surface area contributed by atoms with Gasteiger partial charge in [0.05, 0.1) is 5.41 Å². The number of carbonyl (C=O) groups is 1. The van der Waals surface area contributed by atoms with Crippen LogP contribution in [0.1, 0.15) is 106 Å². The Morgan fingerprint density at radius 3 is 2.00 bits per heavy atom. The lowest BCUT2D eigenvalue weighted by molar-refractivity contribution is -0.140. The minimum Gasteiger partial charge on any atom is -0.481 e. The molecule has 3 heteroatoms. The van der Waals surface area contributed by atoms with E-state index in [0.29, 0.717) is 17.8 Å². The summed E-state index contributed by atoms with van der Waals surface area (Å²) in [5.41, 5.74) is 7.38. The number of rotatable bonds is 8. The molecule has 0 amide bonds. The standard InChI is InChI=1S/C27H35BrO2/c1-16(2)22-11-9-19(24(17(3)4)25(22)18(5)6)7-8-20-15-21(28)10-12-23(20)27(13-14-27)26(29)30/h9-12,15-18H,7-8,13-14H2,1-6H3,(H,29,30). The van der Waals surface area contributed by atoms with Gasteiger partial charge in [0, 0.05) is 4.47 Å². The highest BCUT2D eigenvalue weighted by Crippen LogP contribution is 2.50. The molecule has 2 aromatic rings. The zero-order valence-electron chi connectivity index (χ0n) is 19.2. The van der Waals surface area contributed by atoms with Gasteiger partial charge in [-0.25, -0.2) is 0 Å². The van der Waals surface area contributed by atoms with Gasteiger partial charge in [0.15, 0.2) is 0 Å². The van der Waals surface area contributed by atoms with Gasteiger partial charge in [-0.05, 0) is 89.0 Å². The van der Waals surface area contributed by atoms with E-state index in [-0.39, 0.29) is 0 Å². The second-order valence-corrected chi connectivity index (χ2v) is 10.7. The molecule has 1 aliphatic carbocycles. The summed E-state index contributed by atoms with van der Waals surface area (Å²) >= 11 is 3.59. The third-order valence-electron chi connectivity index (χ3n) is 6.59. The van der Waals surface area contributed by atoms with E-state index < -0.39 is 11.4 Å². The molecule has 0 aliphatic heterocycles. The lowest BCUT2D eigenvalue weighted by atomic mass is 9.79. The number of aryl methyl sites for hydroxylation is 2. The van der Waals surface area contributed by atoms with Gasteiger partial charge in [0.1, 0.15) is 0 Å². The molecular formula is C27H35BrO2. The van der Waals surface area contributed by atoms with Crippen LogP contribution in [0.25, 0.3) is 0 Å². The topological polar surface area (TPSA) is 37.3 Å². The van der Waals surface area contributed by atoms with Crippen LogP contribution in [0.15, 0.2) is 34.8 Å². The number of hydrogen-bond donors (Lipinski definition) is 1. The van der Waals surface area contributed by atoms with Crippen molar-refractivity contribution in [3.63, 3.8) is 0 Å². The van der Waals surface area contributed by atoms with Gasteiger partial charge in [-0.15, -0.1) is 0 Å². The van der Waals surface area contributed by atoms with Crippen LogP contribution < -0.4 is 0 Å². The maximum atomic E-state index is 11.9. The highest BCUT2D eigenvalue weighted by molar-refractivity contribution is 9.10. The highest BCUT2D eigenvalue weighted by Gasteiger charge is 2.52. The number of halogens is 1. The Balaban J connectivity index is 2.00. The molecule has 0 heterocycles. The van der Waals surface area contributed by atoms with Crippen LogP contribution in [0, 0.1) is 0 Å².